The summed E-state index contributed by atoms with van der Waals surface area (Å²) in [5.74, 6) is 0.747. The topological polar surface area (TPSA) is 75.4 Å². The van der Waals surface area contributed by atoms with Crippen LogP contribution in [0.2, 0.25) is 0 Å². The predicted octanol–water partition coefficient (Wildman–Crippen LogP) is 2.70. The fourth-order valence-electron chi connectivity index (χ4n) is 3.53. The maximum atomic E-state index is 12.8. The van der Waals surface area contributed by atoms with Gasteiger partial charge in [0.15, 0.2) is 0 Å². The Kier molecular flexibility index (Phi) is 10.4. The van der Waals surface area contributed by atoms with Crippen molar-refractivity contribution in [1.29, 1.82) is 0 Å². The maximum absolute atomic E-state index is 12.8. The summed E-state index contributed by atoms with van der Waals surface area (Å²) in [4.78, 5) is 26.4. The van der Waals surface area contributed by atoms with Gasteiger partial charge in [-0.2, -0.15) is 0 Å². The minimum absolute atomic E-state index is 0. The zero-order chi connectivity index (χ0) is 18.9. The molecule has 1 heterocycles. The number of likely N-dealkylation sites (tertiary alicyclic amines) is 1. The van der Waals surface area contributed by atoms with E-state index in [-0.39, 0.29) is 30.3 Å². The maximum Gasteiger partial charge on any atom is 0.227 e. The first-order valence-corrected chi connectivity index (χ1v) is 9.83. The average Bonchev–Trinajstić information content (AvgIpc) is 2.61. The van der Waals surface area contributed by atoms with E-state index in [2.05, 4.69) is 43.4 Å². The van der Waals surface area contributed by atoms with E-state index in [9.17, 15) is 9.59 Å². The molecule has 0 saturated carbocycles. The molecule has 5 nitrogen and oxygen atoms in total. The first-order valence-electron chi connectivity index (χ1n) is 9.83. The van der Waals surface area contributed by atoms with Gasteiger partial charge >= 0.3 is 0 Å². The van der Waals surface area contributed by atoms with Gasteiger partial charge in [0.1, 0.15) is 0 Å². The highest BCUT2D eigenvalue weighted by Crippen LogP contribution is 2.18. The molecule has 1 aliphatic rings. The van der Waals surface area contributed by atoms with E-state index in [1.165, 1.54) is 5.56 Å². The van der Waals surface area contributed by atoms with E-state index in [0.717, 1.165) is 37.8 Å². The van der Waals surface area contributed by atoms with E-state index in [4.69, 9.17) is 5.73 Å². The Hall–Kier alpha value is -1.59. The smallest absolute Gasteiger partial charge is 0.227 e. The number of nitrogens with one attached hydrogen (secondary N) is 1. The third-order valence-corrected chi connectivity index (χ3v) is 4.88. The number of carbonyl (C=O) groups is 2. The highest BCUT2D eigenvalue weighted by Gasteiger charge is 2.26. The Balaban J connectivity index is 0.00000364. The summed E-state index contributed by atoms with van der Waals surface area (Å²) in [7, 11) is 0. The number of benzene rings is 1. The molecule has 1 aromatic carbocycles. The largest absolute Gasteiger partial charge is 0.354 e. The fraction of sp³-hybridized carbons (Fsp3) is 0.619. The molecular formula is C21H34ClN3O2. The van der Waals surface area contributed by atoms with Crippen LogP contribution in [0.4, 0.5) is 0 Å². The molecular weight excluding hydrogens is 362 g/mol. The normalized spacial score (nSPS) is 16.7. The Morgan fingerprint density at radius 3 is 2.48 bits per heavy atom. The van der Waals surface area contributed by atoms with Gasteiger partial charge in [0.25, 0.3) is 0 Å². The number of hydrogen-bond acceptors (Lipinski definition) is 3. The van der Waals surface area contributed by atoms with Crippen LogP contribution in [0.3, 0.4) is 0 Å². The van der Waals surface area contributed by atoms with Crippen molar-refractivity contribution in [3.63, 3.8) is 0 Å². The standard InChI is InChI=1S/C21H33N3O2.ClH/c1-16(2)13-17-6-8-18(9-7-17)14-21(26)24-12-4-3-5-19(24)15-23-20(25)10-11-22;/h6-9,16,19H,3-5,10-15,22H2,1-2H3,(H,23,25);1H. The predicted molar refractivity (Wildman–Crippen MR) is 112 cm³/mol. The highest BCUT2D eigenvalue weighted by molar-refractivity contribution is 5.85. The number of hydrogen-bond donors (Lipinski definition) is 2. The van der Waals surface area contributed by atoms with Gasteiger partial charge in [-0.25, -0.2) is 0 Å². The number of nitrogens with zero attached hydrogens (tertiary/aromatic N) is 1. The Morgan fingerprint density at radius 1 is 1.19 bits per heavy atom. The van der Waals surface area contributed by atoms with Crippen LogP contribution in [0.25, 0.3) is 0 Å². The summed E-state index contributed by atoms with van der Waals surface area (Å²) < 4.78 is 0. The van der Waals surface area contributed by atoms with Crippen molar-refractivity contribution in [2.45, 2.75) is 58.4 Å². The van der Waals surface area contributed by atoms with Crippen LogP contribution >= 0.6 is 12.4 Å². The van der Waals surface area contributed by atoms with E-state index < -0.39 is 0 Å². The van der Waals surface area contributed by atoms with Crippen LogP contribution in [0.5, 0.6) is 0 Å². The van der Waals surface area contributed by atoms with Crippen LogP contribution in [-0.4, -0.2) is 42.4 Å². The van der Waals surface area contributed by atoms with Crippen molar-refractivity contribution < 1.29 is 9.59 Å². The molecule has 0 bridgehead atoms. The number of rotatable bonds is 8. The van der Waals surface area contributed by atoms with Gasteiger partial charge in [-0.3, -0.25) is 9.59 Å². The molecule has 1 unspecified atom stereocenters. The Labute approximate surface area is 169 Å². The second kappa shape index (κ2) is 12.0. The fourth-order valence-corrected chi connectivity index (χ4v) is 3.53. The van der Waals surface area contributed by atoms with E-state index in [1.807, 2.05) is 4.90 Å². The van der Waals surface area contributed by atoms with Gasteiger partial charge in [-0.1, -0.05) is 38.1 Å². The van der Waals surface area contributed by atoms with E-state index in [1.54, 1.807) is 0 Å². The molecule has 152 valence electrons. The lowest BCUT2D eigenvalue weighted by Crippen LogP contribution is -2.50. The lowest BCUT2D eigenvalue weighted by molar-refractivity contribution is -0.134. The quantitative estimate of drug-likeness (QED) is 0.710. The monoisotopic (exact) mass is 395 g/mol. The molecule has 1 fully saturated rings. The molecule has 3 N–H and O–H groups in total. The molecule has 1 aliphatic heterocycles. The minimum atomic E-state index is -0.0359. The first kappa shape index (κ1) is 23.4. The molecule has 0 radical (unpaired) electrons. The van der Waals surface area contributed by atoms with Crippen LogP contribution in [0.1, 0.15) is 50.7 Å². The SMILES string of the molecule is CC(C)Cc1ccc(CC(=O)N2CCCCC2CNC(=O)CCN)cc1.Cl. The molecule has 0 aliphatic carbocycles. The molecule has 6 heteroatoms. The van der Waals surface area contributed by atoms with E-state index in [0.29, 0.717) is 31.8 Å². The lowest BCUT2D eigenvalue weighted by Gasteiger charge is -2.36. The number of carbonyl (C=O) groups excluding carboxylic acids is 2. The molecule has 2 rings (SSSR count). The van der Waals surface area contributed by atoms with Crippen LogP contribution < -0.4 is 11.1 Å². The second-order valence-electron chi connectivity index (χ2n) is 7.67. The summed E-state index contributed by atoms with van der Waals surface area (Å²) in [5, 5.41) is 2.91. The number of nitrogens with two attached hydrogens (primary N) is 1. The zero-order valence-corrected chi connectivity index (χ0v) is 17.4. The number of halogens is 1. The van der Waals surface area contributed by atoms with Crippen molar-refractivity contribution in [3.05, 3.63) is 35.4 Å². The van der Waals surface area contributed by atoms with Crippen molar-refractivity contribution in [3.8, 4) is 0 Å². The zero-order valence-electron chi connectivity index (χ0n) is 16.6. The van der Waals surface area contributed by atoms with Crippen molar-refractivity contribution >= 4 is 24.2 Å². The lowest BCUT2D eigenvalue weighted by atomic mass is 9.99. The highest BCUT2D eigenvalue weighted by atomic mass is 35.5. The summed E-state index contributed by atoms with van der Waals surface area (Å²) in [6, 6.07) is 8.49. The first-order chi connectivity index (χ1) is 12.5. The van der Waals surface area contributed by atoms with Gasteiger partial charge in [0.05, 0.1) is 6.42 Å². The molecule has 0 spiro atoms. The van der Waals surface area contributed by atoms with Gasteiger partial charge < -0.3 is 16.0 Å². The van der Waals surface area contributed by atoms with Crippen molar-refractivity contribution in [2.75, 3.05) is 19.6 Å². The van der Waals surface area contributed by atoms with Gasteiger partial charge in [-0.15, -0.1) is 12.4 Å². The van der Waals surface area contributed by atoms with Crippen LogP contribution in [0.15, 0.2) is 24.3 Å². The molecule has 1 saturated heterocycles. The van der Waals surface area contributed by atoms with Gasteiger partial charge in [0, 0.05) is 32.1 Å². The summed E-state index contributed by atoms with van der Waals surface area (Å²) in [6.07, 6.45) is 4.91. The minimum Gasteiger partial charge on any atom is -0.354 e. The molecule has 2 amide bonds. The van der Waals surface area contributed by atoms with E-state index >= 15 is 0 Å². The Morgan fingerprint density at radius 2 is 1.85 bits per heavy atom. The molecule has 27 heavy (non-hydrogen) atoms. The summed E-state index contributed by atoms with van der Waals surface area (Å²) in [5.41, 5.74) is 7.78. The van der Waals surface area contributed by atoms with Crippen molar-refractivity contribution in [2.24, 2.45) is 11.7 Å². The second-order valence-corrected chi connectivity index (χ2v) is 7.67. The Bertz CT molecular complexity index is 590. The van der Waals surface area contributed by atoms with Crippen LogP contribution in [0, 0.1) is 5.92 Å². The van der Waals surface area contributed by atoms with Crippen molar-refractivity contribution in [1.82, 2.24) is 10.2 Å². The number of piperidine rings is 1. The molecule has 1 atom stereocenters. The number of amides is 2. The molecule has 1 aromatic rings. The average molecular weight is 396 g/mol. The van der Waals surface area contributed by atoms with Gasteiger partial charge in [0.2, 0.25) is 11.8 Å². The third kappa shape index (κ3) is 7.89. The molecule has 0 aromatic heterocycles. The summed E-state index contributed by atoms with van der Waals surface area (Å²) in [6.45, 7) is 6.08. The van der Waals surface area contributed by atoms with Crippen LogP contribution in [-0.2, 0) is 22.4 Å². The third-order valence-electron chi connectivity index (χ3n) is 4.88. The summed E-state index contributed by atoms with van der Waals surface area (Å²) >= 11 is 0. The van der Waals surface area contributed by atoms with Gasteiger partial charge in [-0.05, 0) is 42.7 Å².